The average molecular weight is 420 g/mol. The Bertz CT molecular complexity index is 1020. The van der Waals surface area contributed by atoms with Gasteiger partial charge in [0.25, 0.3) is 5.91 Å². The number of nitrogens with zero attached hydrogens (tertiary/aromatic N) is 1. The summed E-state index contributed by atoms with van der Waals surface area (Å²) in [5.74, 6) is -1.60. The van der Waals surface area contributed by atoms with Gasteiger partial charge in [-0.25, -0.2) is 18.2 Å². The minimum Gasteiger partial charge on any atom is -0.489 e. The van der Waals surface area contributed by atoms with Crippen LogP contribution in [0.3, 0.4) is 0 Å². The van der Waals surface area contributed by atoms with Crippen LogP contribution in [-0.4, -0.2) is 17.4 Å². The van der Waals surface area contributed by atoms with Gasteiger partial charge >= 0.3 is 0 Å². The van der Waals surface area contributed by atoms with Gasteiger partial charge < -0.3 is 10.1 Å². The molecule has 0 aliphatic heterocycles. The minimum atomic E-state index is -0.602. The second kappa shape index (κ2) is 9.09. The molecule has 0 fully saturated rings. The van der Waals surface area contributed by atoms with E-state index in [1.165, 1.54) is 12.1 Å². The lowest BCUT2D eigenvalue weighted by Crippen LogP contribution is -2.27. The van der Waals surface area contributed by atoms with Crippen LogP contribution < -0.4 is 10.1 Å². The predicted molar refractivity (Wildman–Crippen MR) is 105 cm³/mol. The summed E-state index contributed by atoms with van der Waals surface area (Å²) in [6.45, 7) is 4.25. The third-order valence-electron chi connectivity index (χ3n) is 3.98. The standard InChI is InChI=1S/C21H19F3N2O2S/c1-12(2)9-25-20(27)19-11-29-21(26-19)16-5-4-15(8-18(16)24)28-10-13-7-14(22)3-6-17(13)23/h3-8,11-12H,9-10H2,1-2H3,(H,25,27). The number of hydrogen-bond donors (Lipinski definition) is 1. The highest BCUT2D eigenvalue weighted by atomic mass is 32.1. The van der Waals surface area contributed by atoms with Crippen LogP contribution in [0.25, 0.3) is 10.6 Å². The van der Waals surface area contributed by atoms with E-state index in [4.69, 9.17) is 4.74 Å². The maximum atomic E-state index is 14.5. The molecule has 3 aromatic rings. The van der Waals surface area contributed by atoms with Gasteiger partial charge in [0, 0.05) is 29.1 Å². The first kappa shape index (κ1) is 20.9. The van der Waals surface area contributed by atoms with Crippen molar-refractivity contribution in [3.05, 3.63) is 70.5 Å². The van der Waals surface area contributed by atoms with E-state index in [2.05, 4.69) is 10.3 Å². The molecule has 0 aliphatic rings. The fraction of sp³-hybridized carbons (Fsp3) is 0.238. The van der Waals surface area contributed by atoms with Crippen molar-refractivity contribution in [1.29, 1.82) is 0 Å². The molecule has 8 heteroatoms. The quantitative estimate of drug-likeness (QED) is 0.572. The number of rotatable bonds is 7. The van der Waals surface area contributed by atoms with Crippen LogP contribution in [0.2, 0.25) is 0 Å². The SMILES string of the molecule is CC(C)CNC(=O)c1csc(-c2ccc(OCc3cc(F)ccc3F)cc2F)n1. The van der Waals surface area contributed by atoms with Crippen molar-refractivity contribution in [2.75, 3.05) is 6.54 Å². The molecule has 3 rings (SSSR count). The van der Waals surface area contributed by atoms with E-state index < -0.39 is 17.5 Å². The van der Waals surface area contributed by atoms with Crippen molar-refractivity contribution in [3.63, 3.8) is 0 Å². The number of aromatic nitrogens is 1. The van der Waals surface area contributed by atoms with Gasteiger partial charge in [-0.3, -0.25) is 4.79 Å². The number of amides is 1. The monoisotopic (exact) mass is 420 g/mol. The Balaban J connectivity index is 1.70. The molecule has 152 valence electrons. The molecule has 0 aliphatic carbocycles. The molecule has 0 unspecified atom stereocenters. The molecule has 0 saturated heterocycles. The van der Waals surface area contributed by atoms with E-state index in [-0.39, 0.29) is 35.1 Å². The first-order valence-electron chi connectivity index (χ1n) is 8.94. The van der Waals surface area contributed by atoms with Crippen LogP contribution in [0.1, 0.15) is 29.9 Å². The number of halogens is 3. The smallest absolute Gasteiger partial charge is 0.270 e. The Kier molecular flexibility index (Phi) is 6.53. The summed E-state index contributed by atoms with van der Waals surface area (Å²) >= 11 is 1.16. The summed E-state index contributed by atoms with van der Waals surface area (Å²) in [4.78, 5) is 16.3. The van der Waals surface area contributed by atoms with E-state index in [1.807, 2.05) is 13.8 Å². The van der Waals surface area contributed by atoms with Gasteiger partial charge in [-0.2, -0.15) is 0 Å². The lowest BCUT2D eigenvalue weighted by molar-refractivity contribution is 0.0945. The van der Waals surface area contributed by atoms with Crippen molar-refractivity contribution in [2.24, 2.45) is 5.92 Å². The Hall–Kier alpha value is -2.87. The summed E-state index contributed by atoms with van der Waals surface area (Å²) < 4.78 is 46.7. The zero-order valence-corrected chi connectivity index (χ0v) is 16.7. The van der Waals surface area contributed by atoms with Gasteiger partial charge in [0.2, 0.25) is 0 Å². The lowest BCUT2D eigenvalue weighted by Gasteiger charge is -2.09. The van der Waals surface area contributed by atoms with E-state index in [1.54, 1.807) is 5.38 Å². The molecule has 1 aromatic heterocycles. The van der Waals surface area contributed by atoms with Gasteiger partial charge in [-0.1, -0.05) is 13.8 Å². The molecular weight excluding hydrogens is 401 g/mol. The lowest BCUT2D eigenvalue weighted by atomic mass is 10.2. The van der Waals surface area contributed by atoms with Gasteiger partial charge in [-0.15, -0.1) is 11.3 Å². The largest absolute Gasteiger partial charge is 0.489 e. The maximum Gasteiger partial charge on any atom is 0.270 e. The predicted octanol–water partition coefficient (Wildman–Crippen LogP) is 5.19. The van der Waals surface area contributed by atoms with E-state index >= 15 is 0 Å². The average Bonchev–Trinajstić information content (AvgIpc) is 3.16. The molecule has 0 saturated carbocycles. The molecular formula is C21H19F3N2O2S. The van der Waals surface area contributed by atoms with Crippen LogP contribution in [0, 0.1) is 23.4 Å². The fourth-order valence-corrected chi connectivity index (χ4v) is 3.29. The van der Waals surface area contributed by atoms with Crippen LogP contribution in [0.15, 0.2) is 41.8 Å². The highest BCUT2D eigenvalue weighted by Gasteiger charge is 2.15. The molecule has 29 heavy (non-hydrogen) atoms. The van der Waals surface area contributed by atoms with Crippen molar-refractivity contribution in [2.45, 2.75) is 20.5 Å². The number of thiazole rings is 1. The number of hydrogen-bond acceptors (Lipinski definition) is 4. The van der Waals surface area contributed by atoms with E-state index in [0.29, 0.717) is 17.5 Å². The Morgan fingerprint density at radius 3 is 2.66 bits per heavy atom. The van der Waals surface area contributed by atoms with Crippen molar-refractivity contribution in [1.82, 2.24) is 10.3 Å². The van der Waals surface area contributed by atoms with Crippen LogP contribution in [-0.2, 0) is 6.61 Å². The molecule has 0 radical (unpaired) electrons. The van der Waals surface area contributed by atoms with E-state index in [0.717, 1.165) is 35.6 Å². The van der Waals surface area contributed by atoms with E-state index in [9.17, 15) is 18.0 Å². The second-order valence-corrected chi connectivity index (χ2v) is 7.67. The topological polar surface area (TPSA) is 51.2 Å². The first-order chi connectivity index (χ1) is 13.8. The fourth-order valence-electron chi connectivity index (χ4n) is 2.46. The number of benzene rings is 2. The summed E-state index contributed by atoms with van der Waals surface area (Å²) in [6, 6.07) is 7.18. The van der Waals surface area contributed by atoms with Gasteiger partial charge in [0.15, 0.2) is 0 Å². The number of carbonyl (C=O) groups is 1. The zero-order chi connectivity index (χ0) is 21.0. The zero-order valence-electron chi connectivity index (χ0n) is 15.8. The van der Waals surface area contributed by atoms with Crippen LogP contribution in [0.4, 0.5) is 13.2 Å². The molecule has 1 amide bonds. The third kappa shape index (κ3) is 5.35. The molecule has 0 atom stereocenters. The highest BCUT2D eigenvalue weighted by molar-refractivity contribution is 7.13. The summed E-state index contributed by atoms with van der Waals surface area (Å²) in [6.07, 6.45) is 0. The summed E-state index contributed by atoms with van der Waals surface area (Å²) in [5.41, 5.74) is 0.487. The maximum absolute atomic E-state index is 14.5. The number of carbonyl (C=O) groups excluding carboxylic acids is 1. The Morgan fingerprint density at radius 2 is 1.93 bits per heavy atom. The molecule has 1 heterocycles. The number of nitrogens with one attached hydrogen (secondary N) is 1. The number of ether oxygens (including phenoxy) is 1. The summed E-state index contributed by atoms with van der Waals surface area (Å²) in [5, 5.41) is 4.69. The van der Waals surface area contributed by atoms with Gasteiger partial charge in [0.05, 0.1) is 0 Å². The van der Waals surface area contributed by atoms with Crippen molar-refractivity contribution >= 4 is 17.2 Å². The Labute approximate surface area is 170 Å². The highest BCUT2D eigenvalue weighted by Crippen LogP contribution is 2.29. The van der Waals surface area contributed by atoms with Crippen molar-refractivity contribution in [3.8, 4) is 16.3 Å². The minimum absolute atomic E-state index is 0.0338. The van der Waals surface area contributed by atoms with Gasteiger partial charge in [0.1, 0.15) is 40.5 Å². The van der Waals surface area contributed by atoms with Crippen LogP contribution in [0.5, 0.6) is 5.75 Å². The normalized spacial score (nSPS) is 11.0. The molecule has 1 N–H and O–H groups in total. The molecule has 2 aromatic carbocycles. The third-order valence-corrected chi connectivity index (χ3v) is 4.86. The molecule has 0 spiro atoms. The Morgan fingerprint density at radius 1 is 1.14 bits per heavy atom. The van der Waals surface area contributed by atoms with Crippen molar-refractivity contribution < 1.29 is 22.7 Å². The summed E-state index contributed by atoms with van der Waals surface area (Å²) in [7, 11) is 0. The molecule has 0 bridgehead atoms. The van der Waals surface area contributed by atoms with Crippen LogP contribution >= 0.6 is 11.3 Å². The second-order valence-electron chi connectivity index (χ2n) is 6.81. The molecule has 4 nitrogen and oxygen atoms in total. The first-order valence-corrected chi connectivity index (χ1v) is 9.82. The van der Waals surface area contributed by atoms with Gasteiger partial charge in [-0.05, 0) is 36.2 Å².